The molecule has 1 aliphatic carbocycles. The Morgan fingerprint density at radius 1 is 1.08 bits per heavy atom. The van der Waals surface area contributed by atoms with Gasteiger partial charge in [-0.15, -0.1) is 0 Å². The first-order chi connectivity index (χ1) is 5.66. The fourth-order valence-corrected chi connectivity index (χ4v) is 2.40. The monoisotopic (exact) mass is 168 g/mol. The number of rotatable bonds is 1. The number of likely N-dealkylation sites (tertiary alicyclic amines) is 1. The molecule has 70 valence electrons. The average molecular weight is 168 g/mol. The number of nitrogens with zero attached hydrogens (tertiary/aromatic N) is 1. The van der Waals surface area contributed by atoms with Crippen molar-refractivity contribution in [3.8, 4) is 0 Å². The third-order valence-corrected chi connectivity index (χ3v) is 3.68. The molecular weight excluding hydrogens is 148 g/mol. The van der Waals surface area contributed by atoms with Crippen LogP contribution in [-0.4, -0.2) is 30.1 Å². The van der Waals surface area contributed by atoms with Crippen molar-refractivity contribution >= 4 is 0 Å². The molecule has 2 rings (SSSR count). The van der Waals surface area contributed by atoms with E-state index in [4.69, 9.17) is 5.73 Å². The Hall–Kier alpha value is -0.0800. The van der Waals surface area contributed by atoms with Gasteiger partial charge in [0.1, 0.15) is 0 Å². The molecule has 12 heavy (non-hydrogen) atoms. The molecule has 0 radical (unpaired) electrons. The Bertz CT molecular complexity index is 153. The molecule has 1 heterocycles. The minimum Gasteiger partial charge on any atom is -0.328 e. The van der Waals surface area contributed by atoms with Crippen LogP contribution in [0.3, 0.4) is 0 Å². The molecule has 2 N–H and O–H groups in total. The summed E-state index contributed by atoms with van der Waals surface area (Å²) >= 11 is 0. The van der Waals surface area contributed by atoms with Crippen LogP contribution >= 0.6 is 0 Å². The van der Waals surface area contributed by atoms with Gasteiger partial charge in [0, 0.05) is 25.2 Å². The molecule has 2 atom stereocenters. The van der Waals surface area contributed by atoms with Gasteiger partial charge in [0.15, 0.2) is 0 Å². The summed E-state index contributed by atoms with van der Waals surface area (Å²) in [6.07, 6.45) is 2.47. The van der Waals surface area contributed by atoms with Crippen molar-refractivity contribution in [1.82, 2.24) is 4.90 Å². The molecule has 2 fully saturated rings. The molecule has 0 bridgehead atoms. The van der Waals surface area contributed by atoms with Gasteiger partial charge in [-0.2, -0.15) is 0 Å². The quantitative estimate of drug-likeness (QED) is 0.634. The highest BCUT2D eigenvalue weighted by atomic mass is 15.2. The first-order valence-electron chi connectivity index (χ1n) is 5.16. The van der Waals surface area contributed by atoms with E-state index in [1.54, 1.807) is 0 Å². The van der Waals surface area contributed by atoms with Crippen LogP contribution in [0, 0.1) is 11.8 Å². The summed E-state index contributed by atoms with van der Waals surface area (Å²) in [5.41, 5.74) is 5.78. The molecule has 2 nitrogen and oxygen atoms in total. The van der Waals surface area contributed by atoms with E-state index in [1.807, 2.05) is 0 Å². The van der Waals surface area contributed by atoms with E-state index in [-0.39, 0.29) is 0 Å². The topological polar surface area (TPSA) is 29.3 Å². The second kappa shape index (κ2) is 3.00. The molecule has 0 aromatic rings. The predicted molar refractivity (Wildman–Crippen MR) is 50.9 cm³/mol. The van der Waals surface area contributed by atoms with Crippen molar-refractivity contribution in [2.75, 3.05) is 13.1 Å². The Kier molecular flexibility index (Phi) is 2.13. The Balaban J connectivity index is 1.84. The average Bonchev–Trinajstić information content (AvgIpc) is 2.26. The summed E-state index contributed by atoms with van der Waals surface area (Å²) in [4.78, 5) is 2.64. The maximum Gasteiger partial charge on any atom is 0.0125 e. The second-order valence-corrected chi connectivity index (χ2v) is 4.79. The van der Waals surface area contributed by atoms with Gasteiger partial charge in [-0.25, -0.2) is 0 Å². The summed E-state index contributed by atoms with van der Waals surface area (Å²) in [5, 5.41) is 0. The second-order valence-electron chi connectivity index (χ2n) is 4.79. The highest BCUT2D eigenvalue weighted by Crippen LogP contribution is 2.31. The lowest BCUT2D eigenvalue weighted by Gasteiger charge is -2.39. The summed E-state index contributed by atoms with van der Waals surface area (Å²) in [6.45, 7) is 7.34. The van der Waals surface area contributed by atoms with Gasteiger partial charge >= 0.3 is 0 Å². The van der Waals surface area contributed by atoms with Crippen LogP contribution in [0.5, 0.6) is 0 Å². The number of hydrogen-bond donors (Lipinski definition) is 1. The first kappa shape index (κ1) is 8.52. The third kappa shape index (κ3) is 1.38. The SMILES string of the molecule is CC1CN(C2CC(N)C2)CC1C. The predicted octanol–water partition coefficient (Wildman–Crippen LogP) is 1.06. The lowest BCUT2D eigenvalue weighted by atomic mass is 9.86. The standard InChI is InChI=1S/C10H20N2/c1-7-5-12(6-8(7)2)10-3-9(11)4-10/h7-10H,3-6,11H2,1-2H3. The van der Waals surface area contributed by atoms with Crippen LogP contribution in [0.1, 0.15) is 26.7 Å². The van der Waals surface area contributed by atoms with E-state index in [0.29, 0.717) is 6.04 Å². The van der Waals surface area contributed by atoms with Gasteiger partial charge in [0.05, 0.1) is 0 Å². The smallest absolute Gasteiger partial charge is 0.0125 e. The van der Waals surface area contributed by atoms with Crippen molar-refractivity contribution in [1.29, 1.82) is 0 Å². The Morgan fingerprint density at radius 2 is 1.58 bits per heavy atom. The fourth-order valence-electron chi connectivity index (χ4n) is 2.40. The molecule has 2 unspecified atom stereocenters. The van der Waals surface area contributed by atoms with Gasteiger partial charge in [-0.1, -0.05) is 13.8 Å². The van der Waals surface area contributed by atoms with Crippen LogP contribution in [0.25, 0.3) is 0 Å². The van der Waals surface area contributed by atoms with Crippen molar-refractivity contribution in [2.24, 2.45) is 17.6 Å². The first-order valence-corrected chi connectivity index (χ1v) is 5.16. The van der Waals surface area contributed by atoms with E-state index in [0.717, 1.165) is 17.9 Å². The summed E-state index contributed by atoms with van der Waals surface area (Å²) in [7, 11) is 0. The zero-order chi connectivity index (χ0) is 8.72. The zero-order valence-corrected chi connectivity index (χ0v) is 8.16. The molecule has 0 aromatic carbocycles. The number of hydrogen-bond acceptors (Lipinski definition) is 2. The Morgan fingerprint density at radius 3 is 2.00 bits per heavy atom. The van der Waals surface area contributed by atoms with E-state index in [1.165, 1.54) is 25.9 Å². The van der Waals surface area contributed by atoms with Crippen LogP contribution in [0.15, 0.2) is 0 Å². The summed E-state index contributed by atoms with van der Waals surface area (Å²) in [5.74, 6) is 1.78. The highest BCUT2D eigenvalue weighted by Gasteiger charge is 2.36. The van der Waals surface area contributed by atoms with Gasteiger partial charge < -0.3 is 5.73 Å². The minimum absolute atomic E-state index is 0.501. The van der Waals surface area contributed by atoms with Crippen molar-refractivity contribution in [2.45, 2.75) is 38.8 Å². The molecule has 0 aromatic heterocycles. The zero-order valence-electron chi connectivity index (χ0n) is 8.16. The molecule has 1 aliphatic heterocycles. The Labute approximate surface area is 75.1 Å². The van der Waals surface area contributed by atoms with Crippen LogP contribution < -0.4 is 5.73 Å². The third-order valence-electron chi connectivity index (χ3n) is 3.68. The largest absolute Gasteiger partial charge is 0.328 e. The molecule has 0 amide bonds. The number of nitrogens with two attached hydrogens (primary N) is 1. The van der Waals surface area contributed by atoms with E-state index >= 15 is 0 Å². The minimum atomic E-state index is 0.501. The molecule has 2 aliphatic rings. The van der Waals surface area contributed by atoms with E-state index in [2.05, 4.69) is 18.7 Å². The molecular formula is C10H20N2. The summed E-state index contributed by atoms with van der Waals surface area (Å²) in [6, 6.07) is 1.33. The van der Waals surface area contributed by atoms with Crippen molar-refractivity contribution in [3.05, 3.63) is 0 Å². The lowest BCUT2D eigenvalue weighted by Crippen LogP contribution is -2.49. The van der Waals surface area contributed by atoms with E-state index in [9.17, 15) is 0 Å². The van der Waals surface area contributed by atoms with Crippen LogP contribution in [0.4, 0.5) is 0 Å². The van der Waals surface area contributed by atoms with E-state index < -0.39 is 0 Å². The normalized spacial score (nSPS) is 49.2. The molecule has 2 heteroatoms. The molecule has 0 spiro atoms. The maximum atomic E-state index is 5.78. The van der Waals surface area contributed by atoms with Gasteiger partial charge in [0.2, 0.25) is 0 Å². The van der Waals surface area contributed by atoms with Gasteiger partial charge in [-0.05, 0) is 24.7 Å². The van der Waals surface area contributed by atoms with Crippen molar-refractivity contribution in [3.63, 3.8) is 0 Å². The van der Waals surface area contributed by atoms with Crippen LogP contribution in [0.2, 0.25) is 0 Å². The summed E-state index contributed by atoms with van der Waals surface area (Å²) < 4.78 is 0. The van der Waals surface area contributed by atoms with Crippen molar-refractivity contribution < 1.29 is 0 Å². The van der Waals surface area contributed by atoms with Gasteiger partial charge in [-0.3, -0.25) is 4.90 Å². The van der Waals surface area contributed by atoms with Crippen LogP contribution in [-0.2, 0) is 0 Å². The molecule has 1 saturated carbocycles. The fraction of sp³-hybridized carbons (Fsp3) is 1.00. The lowest BCUT2D eigenvalue weighted by molar-refractivity contribution is 0.132. The highest BCUT2D eigenvalue weighted by molar-refractivity contribution is 4.93. The molecule has 1 saturated heterocycles. The maximum absolute atomic E-state index is 5.78. The van der Waals surface area contributed by atoms with Gasteiger partial charge in [0.25, 0.3) is 0 Å².